The van der Waals surface area contributed by atoms with Crippen LogP contribution < -0.4 is 0 Å². The van der Waals surface area contributed by atoms with E-state index in [4.69, 9.17) is 0 Å². The lowest BCUT2D eigenvalue weighted by atomic mass is 9.76. The van der Waals surface area contributed by atoms with Crippen molar-refractivity contribution in [3.8, 4) is 0 Å². The maximum Gasteiger partial charge on any atom is 0.0634 e. The summed E-state index contributed by atoms with van der Waals surface area (Å²) in [5.74, 6) is 0.581. The third-order valence-corrected chi connectivity index (χ3v) is 3.67. The van der Waals surface area contributed by atoms with Crippen molar-refractivity contribution in [1.29, 1.82) is 0 Å². The Labute approximate surface area is 99.5 Å². The van der Waals surface area contributed by atoms with Crippen LogP contribution in [0.25, 0.3) is 0 Å². The molecule has 0 aliphatic heterocycles. The van der Waals surface area contributed by atoms with Crippen LogP contribution in [0, 0.1) is 5.92 Å². The summed E-state index contributed by atoms with van der Waals surface area (Å²) in [5.41, 5.74) is 1.05. The minimum Gasteiger partial charge on any atom is -0.392 e. The van der Waals surface area contributed by atoms with Crippen LogP contribution in [0.1, 0.15) is 46.1 Å². The third-order valence-electron chi connectivity index (χ3n) is 3.67. The first-order chi connectivity index (χ1) is 7.48. The first-order valence-corrected chi connectivity index (χ1v) is 6.22. The number of hydrogen-bond donors (Lipinski definition) is 1. The Hall–Kier alpha value is -0.820. The highest BCUT2D eigenvalue weighted by atomic mass is 16.3. The zero-order chi connectivity index (χ0) is 12.2. The quantitative estimate of drug-likeness (QED) is 0.801. The van der Waals surface area contributed by atoms with Crippen LogP contribution in [0.2, 0.25) is 0 Å². The third kappa shape index (κ3) is 3.08. The van der Waals surface area contributed by atoms with Gasteiger partial charge in [-0.1, -0.05) is 64.4 Å². The van der Waals surface area contributed by atoms with Crippen LogP contribution in [-0.4, -0.2) is 11.2 Å². The molecule has 0 saturated heterocycles. The van der Waals surface area contributed by atoms with Gasteiger partial charge in [0.1, 0.15) is 0 Å². The lowest BCUT2D eigenvalue weighted by Crippen LogP contribution is -2.34. The predicted molar refractivity (Wildman–Crippen MR) is 69.5 cm³/mol. The second kappa shape index (κ2) is 5.49. The Morgan fingerprint density at radius 3 is 2.25 bits per heavy atom. The number of hydrogen-bond acceptors (Lipinski definition) is 1. The van der Waals surface area contributed by atoms with Crippen LogP contribution in [0.15, 0.2) is 30.3 Å². The molecule has 2 unspecified atom stereocenters. The van der Waals surface area contributed by atoms with E-state index in [0.29, 0.717) is 5.92 Å². The molecule has 0 aromatic heterocycles. The SMILES string of the molecule is CCC(C)CC(O)C(C)(C)c1ccccc1. The van der Waals surface area contributed by atoms with Crippen molar-refractivity contribution in [3.63, 3.8) is 0 Å². The molecule has 0 amide bonds. The molecule has 1 N–H and O–H groups in total. The molecule has 2 atom stereocenters. The highest BCUT2D eigenvalue weighted by Gasteiger charge is 2.30. The van der Waals surface area contributed by atoms with Crippen molar-refractivity contribution in [2.45, 2.75) is 52.1 Å². The van der Waals surface area contributed by atoms with Crippen LogP contribution in [0.3, 0.4) is 0 Å². The highest BCUT2D eigenvalue weighted by Crippen LogP contribution is 2.30. The fourth-order valence-corrected chi connectivity index (χ4v) is 1.90. The van der Waals surface area contributed by atoms with Gasteiger partial charge in [-0.3, -0.25) is 0 Å². The maximum atomic E-state index is 10.3. The molecule has 0 spiro atoms. The van der Waals surface area contributed by atoms with Crippen molar-refractivity contribution >= 4 is 0 Å². The monoisotopic (exact) mass is 220 g/mol. The topological polar surface area (TPSA) is 20.2 Å². The van der Waals surface area contributed by atoms with E-state index in [0.717, 1.165) is 12.8 Å². The smallest absolute Gasteiger partial charge is 0.0634 e. The predicted octanol–water partition coefficient (Wildman–Crippen LogP) is 3.76. The van der Waals surface area contributed by atoms with Crippen molar-refractivity contribution in [1.82, 2.24) is 0 Å². The molecule has 1 aromatic rings. The van der Waals surface area contributed by atoms with Gasteiger partial charge in [-0.05, 0) is 17.9 Å². The molecule has 16 heavy (non-hydrogen) atoms. The normalized spacial score (nSPS) is 15.8. The van der Waals surface area contributed by atoms with Gasteiger partial charge < -0.3 is 5.11 Å². The van der Waals surface area contributed by atoms with Crippen LogP contribution >= 0.6 is 0 Å². The fraction of sp³-hybridized carbons (Fsp3) is 0.600. The van der Waals surface area contributed by atoms with Crippen molar-refractivity contribution in [3.05, 3.63) is 35.9 Å². The summed E-state index contributed by atoms with van der Waals surface area (Å²) in [6.45, 7) is 8.61. The van der Waals surface area contributed by atoms with Gasteiger partial charge in [0.25, 0.3) is 0 Å². The van der Waals surface area contributed by atoms with E-state index in [2.05, 4.69) is 39.8 Å². The summed E-state index contributed by atoms with van der Waals surface area (Å²) < 4.78 is 0. The number of benzene rings is 1. The van der Waals surface area contributed by atoms with Crippen LogP contribution in [-0.2, 0) is 5.41 Å². The maximum absolute atomic E-state index is 10.3. The highest BCUT2D eigenvalue weighted by molar-refractivity contribution is 5.24. The second-order valence-corrected chi connectivity index (χ2v) is 5.35. The van der Waals surface area contributed by atoms with Gasteiger partial charge in [0, 0.05) is 5.41 Å². The summed E-state index contributed by atoms with van der Waals surface area (Å²) >= 11 is 0. The molecule has 1 rings (SSSR count). The van der Waals surface area contributed by atoms with E-state index in [1.165, 1.54) is 5.56 Å². The molecule has 0 fully saturated rings. The van der Waals surface area contributed by atoms with Gasteiger partial charge >= 0.3 is 0 Å². The van der Waals surface area contributed by atoms with Gasteiger partial charge in [-0.25, -0.2) is 0 Å². The van der Waals surface area contributed by atoms with Gasteiger partial charge in [0.2, 0.25) is 0 Å². The summed E-state index contributed by atoms with van der Waals surface area (Å²) in [6, 6.07) is 10.3. The fourth-order valence-electron chi connectivity index (χ4n) is 1.90. The number of rotatable bonds is 5. The summed E-state index contributed by atoms with van der Waals surface area (Å²) in [7, 11) is 0. The Balaban J connectivity index is 2.77. The molecule has 0 heterocycles. The molecule has 1 aromatic carbocycles. The zero-order valence-electron chi connectivity index (χ0n) is 10.9. The van der Waals surface area contributed by atoms with Crippen molar-refractivity contribution in [2.75, 3.05) is 0 Å². The van der Waals surface area contributed by atoms with E-state index in [1.54, 1.807) is 0 Å². The van der Waals surface area contributed by atoms with Gasteiger partial charge in [0.15, 0.2) is 0 Å². The molecule has 0 aliphatic rings. The number of aliphatic hydroxyl groups excluding tert-OH is 1. The standard InChI is InChI=1S/C15H24O/c1-5-12(2)11-14(16)15(3,4)13-9-7-6-8-10-13/h6-10,12,14,16H,5,11H2,1-4H3. The lowest BCUT2D eigenvalue weighted by molar-refractivity contribution is 0.0762. The number of aliphatic hydroxyl groups is 1. The minimum atomic E-state index is -0.273. The summed E-state index contributed by atoms with van der Waals surface area (Å²) in [6.07, 6.45) is 1.73. The molecule has 0 saturated carbocycles. The molecule has 0 radical (unpaired) electrons. The molecular formula is C15H24O. The lowest BCUT2D eigenvalue weighted by Gasteiger charge is -2.32. The van der Waals surface area contributed by atoms with E-state index in [1.807, 2.05) is 18.2 Å². The molecular weight excluding hydrogens is 196 g/mol. The summed E-state index contributed by atoms with van der Waals surface area (Å²) in [4.78, 5) is 0. The first kappa shape index (κ1) is 13.2. The minimum absolute atomic E-state index is 0.162. The molecule has 0 bridgehead atoms. The van der Waals surface area contributed by atoms with E-state index in [9.17, 15) is 5.11 Å². The van der Waals surface area contributed by atoms with E-state index < -0.39 is 0 Å². The average molecular weight is 220 g/mol. The largest absolute Gasteiger partial charge is 0.392 e. The average Bonchev–Trinajstić information content (AvgIpc) is 2.29. The van der Waals surface area contributed by atoms with Crippen molar-refractivity contribution < 1.29 is 5.11 Å². The van der Waals surface area contributed by atoms with Crippen molar-refractivity contribution in [2.24, 2.45) is 5.92 Å². The Kier molecular flexibility index (Phi) is 4.55. The molecule has 90 valence electrons. The van der Waals surface area contributed by atoms with E-state index >= 15 is 0 Å². The Morgan fingerprint density at radius 2 is 1.75 bits per heavy atom. The van der Waals surface area contributed by atoms with Gasteiger partial charge in [-0.15, -0.1) is 0 Å². The zero-order valence-corrected chi connectivity index (χ0v) is 10.9. The van der Waals surface area contributed by atoms with E-state index in [-0.39, 0.29) is 11.5 Å². The van der Waals surface area contributed by atoms with Gasteiger partial charge in [-0.2, -0.15) is 0 Å². The second-order valence-electron chi connectivity index (χ2n) is 5.35. The van der Waals surface area contributed by atoms with Crippen LogP contribution in [0.5, 0.6) is 0 Å². The van der Waals surface area contributed by atoms with Crippen LogP contribution in [0.4, 0.5) is 0 Å². The molecule has 1 heteroatoms. The first-order valence-electron chi connectivity index (χ1n) is 6.22. The Bertz CT molecular complexity index is 302. The Morgan fingerprint density at radius 1 is 1.19 bits per heavy atom. The molecule has 0 aliphatic carbocycles. The summed E-state index contributed by atoms with van der Waals surface area (Å²) in [5, 5.41) is 10.3. The molecule has 1 nitrogen and oxygen atoms in total. The van der Waals surface area contributed by atoms with Gasteiger partial charge in [0.05, 0.1) is 6.10 Å².